The first kappa shape index (κ1) is 31.1. The van der Waals surface area contributed by atoms with Crippen molar-refractivity contribution in [2.75, 3.05) is 0 Å². The fourth-order valence-corrected chi connectivity index (χ4v) is 3.12. The van der Waals surface area contributed by atoms with Crippen LogP contribution in [0.5, 0.6) is 23.0 Å². The van der Waals surface area contributed by atoms with Gasteiger partial charge in [0, 0.05) is 34.1 Å². The van der Waals surface area contributed by atoms with Crippen molar-refractivity contribution in [3.63, 3.8) is 0 Å². The number of rotatable bonds is 8. The maximum atomic E-state index is 11.9. The van der Waals surface area contributed by atoms with Crippen LogP contribution in [0.25, 0.3) is 0 Å². The Balaban J connectivity index is 0.00000324. The van der Waals surface area contributed by atoms with Crippen molar-refractivity contribution in [1.82, 2.24) is 0 Å². The Kier molecular flexibility index (Phi) is 11.1. The Labute approximate surface area is 226 Å². The van der Waals surface area contributed by atoms with Crippen molar-refractivity contribution in [3.05, 3.63) is 83.9 Å². The van der Waals surface area contributed by atoms with Crippen LogP contribution in [-0.4, -0.2) is 37.9 Å². The average molecular weight is 620 g/mol. The molecular weight excluding hydrogens is 606 g/mol. The molecule has 0 fully saturated rings. The van der Waals surface area contributed by atoms with Gasteiger partial charge in [-0.25, -0.2) is 9.59 Å². The largest absolute Gasteiger partial charge is 0.456 e. The van der Waals surface area contributed by atoms with Crippen molar-refractivity contribution in [3.8, 4) is 23.0 Å². The molecule has 0 spiro atoms. The molecule has 0 saturated carbocycles. The van der Waals surface area contributed by atoms with Crippen molar-refractivity contribution in [2.24, 2.45) is 0 Å². The van der Waals surface area contributed by atoms with E-state index in [2.05, 4.69) is 8.37 Å². The Bertz CT molecular complexity index is 1330. The second-order valence-corrected chi connectivity index (χ2v) is 8.31. The molecular formula is C20H14Mn2O12S2. The molecule has 0 amide bonds. The van der Waals surface area contributed by atoms with Crippen LogP contribution >= 0.6 is 0 Å². The number of carbonyl (C=O) groups excluding carboxylic acids is 2. The second kappa shape index (κ2) is 12.8. The topological polar surface area (TPSA) is 180 Å². The number of para-hydroxylation sites is 2. The van der Waals surface area contributed by atoms with Gasteiger partial charge in [0.2, 0.25) is 0 Å². The van der Waals surface area contributed by atoms with Gasteiger partial charge in [-0.15, -0.1) is 0 Å². The SMILES string of the molecule is O=C(OS(=O)(=O)O)c1ccccc1Oc1ccc(Oc2ccccc2C(=O)OS(=O)(=O)O)cc1.[Mn].[Mn]. The smallest absolute Gasteiger partial charge is 0.449 e. The van der Waals surface area contributed by atoms with E-state index in [0.717, 1.165) is 0 Å². The van der Waals surface area contributed by atoms with E-state index in [9.17, 15) is 26.4 Å². The standard InChI is InChI=1S/C20H14O12S2.2Mn/c21-19(31-33(23,24)25)15-5-1-3-7-17(15)29-13-9-11-14(12-10-13)30-18-8-4-2-6-16(18)20(22)32-34(26,27)28;;/h1-12H,(H,23,24,25)(H,26,27,28);;. The van der Waals surface area contributed by atoms with Crippen LogP contribution < -0.4 is 9.47 Å². The predicted molar refractivity (Wildman–Crippen MR) is 113 cm³/mol. The summed E-state index contributed by atoms with van der Waals surface area (Å²) >= 11 is 0. The number of ether oxygens (including phenoxy) is 2. The minimum Gasteiger partial charge on any atom is -0.456 e. The molecule has 0 atom stereocenters. The summed E-state index contributed by atoms with van der Waals surface area (Å²) in [7, 11) is -10.0. The zero-order chi connectivity index (χ0) is 24.9. The van der Waals surface area contributed by atoms with Gasteiger partial charge in [0.1, 0.15) is 34.1 Å². The fourth-order valence-electron chi connectivity index (χ4n) is 2.56. The first-order valence-corrected chi connectivity index (χ1v) is 11.7. The summed E-state index contributed by atoms with van der Waals surface area (Å²) in [5.41, 5.74) is -0.543. The van der Waals surface area contributed by atoms with Crippen LogP contribution in [0, 0.1) is 0 Å². The van der Waals surface area contributed by atoms with Crippen LogP contribution in [0.15, 0.2) is 72.8 Å². The maximum absolute atomic E-state index is 11.9. The number of benzene rings is 3. The van der Waals surface area contributed by atoms with E-state index in [1.165, 1.54) is 72.8 Å². The van der Waals surface area contributed by atoms with Gasteiger partial charge in [0.15, 0.2) is 0 Å². The van der Waals surface area contributed by atoms with E-state index >= 15 is 0 Å². The van der Waals surface area contributed by atoms with Crippen LogP contribution in [0.2, 0.25) is 0 Å². The van der Waals surface area contributed by atoms with Crippen LogP contribution in [0.1, 0.15) is 20.7 Å². The van der Waals surface area contributed by atoms with Gasteiger partial charge in [-0.05, 0) is 48.5 Å². The number of hydrogen-bond acceptors (Lipinski definition) is 10. The summed E-state index contributed by atoms with van der Waals surface area (Å²) in [6, 6.07) is 16.7. The van der Waals surface area contributed by atoms with E-state index in [-0.39, 0.29) is 68.3 Å². The van der Waals surface area contributed by atoms with Gasteiger partial charge in [-0.1, -0.05) is 24.3 Å². The normalized spacial score (nSPS) is 10.7. The van der Waals surface area contributed by atoms with E-state index < -0.39 is 32.7 Å². The minimum atomic E-state index is -5.02. The molecule has 0 aliphatic rings. The Hall–Kier alpha value is -2.94. The maximum Gasteiger partial charge on any atom is 0.449 e. The summed E-state index contributed by atoms with van der Waals surface area (Å²) in [5.74, 6) is -2.46. The molecule has 0 heterocycles. The van der Waals surface area contributed by atoms with Gasteiger partial charge >= 0.3 is 32.7 Å². The number of hydrogen-bond donors (Lipinski definition) is 2. The van der Waals surface area contributed by atoms with Gasteiger partial charge in [0.05, 0.1) is 0 Å². The van der Waals surface area contributed by atoms with Crippen LogP contribution in [0.3, 0.4) is 0 Å². The van der Waals surface area contributed by atoms with Crippen molar-refractivity contribution in [2.45, 2.75) is 0 Å². The van der Waals surface area contributed by atoms with E-state index in [1.54, 1.807) is 0 Å². The summed E-state index contributed by atoms with van der Waals surface area (Å²) in [6.07, 6.45) is 0. The quantitative estimate of drug-likeness (QED) is 0.278. The molecule has 16 heteroatoms. The summed E-state index contributed by atoms with van der Waals surface area (Å²) in [6.45, 7) is 0. The molecule has 12 nitrogen and oxygen atoms in total. The van der Waals surface area contributed by atoms with E-state index in [1.807, 2.05) is 0 Å². The molecule has 192 valence electrons. The third kappa shape index (κ3) is 9.26. The first-order chi connectivity index (χ1) is 15.9. The minimum absolute atomic E-state index is 0. The fraction of sp³-hybridized carbons (Fsp3) is 0. The molecule has 3 aromatic rings. The Morgan fingerprint density at radius 3 is 1.17 bits per heavy atom. The van der Waals surface area contributed by atoms with Crippen LogP contribution in [-0.2, 0) is 63.3 Å². The van der Waals surface area contributed by atoms with Crippen molar-refractivity contribution >= 4 is 32.7 Å². The van der Waals surface area contributed by atoms with Gasteiger partial charge < -0.3 is 17.8 Å². The van der Waals surface area contributed by atoms with Gasteiger partial charge in [-0.2, -0.15) is 16.8 Å². The van der Waals surface area contributed by atoms with E-state index in [0.29, 0.717) is 0 Å². The first-order valence-electron chi connectivity index (χ1n) is 8.97. The molecule has 0 bridgehead atoms. The molecule has 3 aromatic carbocycles. The molecule has 2 radical (unpaired) electrons. The monoisotopic (exact) mass is 620 g/mol. The Morgan fingerprint density at radius 2 is 0.861 bits per heavy atom. The molecule has 2 N–H and O–H groups in total. The summed E-state index contributed by atoms with van der Waals surface area (Å²) in [4.78, 5) is 23.9. The number of carbonyl (C=O) groups is 2. The van der Waals surface area contributed by atoms with E-state index in [4.69, 9.17) is 18.6 Å². The van der Waals surface area contributed by atoms with Crippen molar-refractivity contribution in [1.29, 1.82) is 0 Å². The second-order valence-electron chi connectivity index (χ2n) is 6.26. The average Bonchev–Trinajstić information content (AvgIpc) is 2.73. The zero-order valence-electron chi connectivity index (χ0n) is 17.5. The van der Waals surface area contributed by atoms with Crippen molar-refractivity contribution < 1.29 is 87.5 Å². The molecule has 3 rings (SSSR count). The predicted octanol–water partition coefficient (Wildman–Crippen LogP) is 3.19. The van der Waals surface area contributed by atoms with Gasteiger partial charge in [0.25, 0.3) is 0 Å². The van der Waals surface area contributed by atoms with Gasteiger partial charge in [-0.3, -0.25) is 9.11 Å². The Morgan fingerprint density at radius 1 is 0.556 bits per heavy atom. The molecule has 36 heavy (non-hydrogen) atoms. The molecule has 0 unspecified atom stereocenters. The third-order valence-corrected chi connectivity index (χ3v) is 4.58. The molecule has 0 aliphatic heterocycles. The summed E-state index contributed by atoms with van der Waals surface area (Å²) in [5, 5.41) is 0. The molecule has 0 aromatic heterocycles. The molecule has 0 aliphatic carbocycles. The zero-order valence-corrected chi connectivity index (χ0v) is 21.5. The van der Waals surface area contributed by atoms with Crippen LogP contribution in [0.4, 0.5) is 0 Å². The summed E-state index contributed by atoms with van der Waals surface area (Å²) < 4.78 is 79.6. The molecule has 0 saturated heterocycles. The third-order valence-electron chi connectivity index (χ3n) is 3.86.